The van der Waals surface area contributed by atoms with Crippen molar-refractivity contribution in [2.24, 2.45) is 0 Å². The number of terminal acetylenes is 1. The van der Waals surface area contributed by atoms with Crippen molar-refractivity contribution in [2.75, 3.05) is 13.2 Å². The molecule has 1 aromatic heterocycles. The van der Waals surface area contributed by atoms with E-state index in [-0.39, 0.29) is 19.6 Å². The van der Waals surface area contributed by atoms with Crippen molar-refractivity contribution >= 4 is 5.97 Å². The fourth-order valence-electron chi connectivity index (χ4n) is 4.41. The maximum atomic E-state index is 13.2. The van der Waals surface area contributed by atoms with Crippen molar-refractivity contribution in [3.8, 4) is 12.3 Å². The Balaban J connectivity index is 1.61. The van der Waals surface area contributed by atoms with E-state index in [1.165, 1.54) is 25.7 Å². The van der Waals surface area contributed by atoms with Crippen LogP contribution in [0.3, 0.4) is 0 Å². The quantitative estimate of drug-likeness (QED) is 0.222. The van der Waals surface area contributed by atoms with Gasteiger partial charge in [0, 0.05) is 12.6 Å². The topological polar surface area (TPSA) is 99.6 Å². The molecule has 0 bridgehead atoms. The minimum absolute atomic E-state index is 0.0553. The Morgan fingerprint density at radius 2 is 1.85 bits per heavy atom. The molecule has 0 aliphatic carbocycles. The van der Waals surface area contributed by atoms with Crippen LogP contribution in [0.5, 0.6) is 0 Å². The molecule has 3 atom stereocenters. The number of carbonyl (C=O) groups is 1. The Morgan fingerprint density at radius 3 is 2.51 bits per heavy atom. The van der Waals surface area contributed by atoms with Gasteiger partial charge in [0.25, 0.3) is 5.56 Å². The van der Waals surface area contributed by atoms with Crippen LogP contribution in [0.15, 0.2) is 40.1 Å². The maximum absolute atomic E-state index is 13.2. The van der Waals surface area contributed by atoms with Gasteiger partial charge in [0.2, 0.25) is 0 Å². The van der Waals surface area contributed by atoms with Crippen molar-refractivity contribution in [3.63, 3.8) is 0 Å². The van der Waals surface area contributed by atoms with E-state index in [9.17, 15) is 27.6 Å². The molecule has 11 heteroatoms. The summed E-state index contributed by atoms with van der Waals surface area (Å²) < 4.78 is 56.9. The van der Waals surface area contributed by atoms with Gasteiger partial charge in [0.05, 0.1) is 11.7 Å². The van der Waals surface area contributed by atoms with E-state index < -0.39 is 47.4 Å². The van der Waals surface area contributed by atoms with E-state index in [1.54, 1.807) is 17.1 Å². The summed E-state index contributed by atoms with van der Waals surface area (Å²) in [5.41, 5.74) is -2.71. The predicted molar refractivity (Wildman–Crippen MR) is 137 cm³/mol. The largest absolute Gasteiger partial charge is 0.459 e. The standard InChI is InChI=1S/C28H33F3N2O6/c1-3-5-6-7-8-9-10-19-11-13-20(14-12-19)26(35)38-18-23-22(37-15-4-2)16-24(39-23)33-17-21(28(29,30)31)25(34)32-27(33)36/h2,11-14,17,22-24H,3,5-10,15-16,18H2,1H3,(H,32,34,36)/t22-,23+,24+/m0/s1. The molecule has 1 aliphatic heterocycles. The summed E-state index contributed by atoms with van der Waals surface area (Å²) >= 11 is 0. The lowest BCUT2D eigenvalue weighted by Gasteiger charge is -2.18. The molecule has 1 aliphatic rings. The zero-order valence-corrected chi connectivity index (χ0v) is 21.8. The number of unbranched alkanes of at least 4 members (excludes halogenated alkanes) is 5. The van der Waals surface area contributed by atoms with Gasteiger partial charge in [0.1, 0.15) is 31.1 Å². The minimum Gasteiger partial charge on any atom is -0.459 e. The zero-order chi connectivity index (χ0) is 28.4. The third-order valence-electron chi connectivity index (χ3n) is 6.53. The van der Waals surface area contributed by atoms with Crippen LogP contribution in [0.25, 0.3) is 0 Å². The second-order valence-corrected chi connectivity index (χ2v) is 9.44. The Bertz CT molecular complexity index is 1250. The van der Waals surface area contributed by atoms with Crippen molar-refractivity contribution in [2.45, 2.75) is 82.9 Å². The third-order valence-corrected chi connectivity index (χ3v) is 6.53. The molecule has 0 saturated carbocycles. The number of esters is 1. The zero-order valence-electron chi connectivity index (χ0n) is 21.8. The first-order chi connectivity index (χ1) is 18.6. The summed E-state index contributed by atoms with van der Waals surface area (Å²) in [7, 11) is 0. The molecule has 2 heterocycles. The van der Waals surface area contributed by atoms with E-state index in [0.29, 0.717) is 16.3 Å². The van der Waals surface area contributed by atoms with Gasteiger partial charge < -0.3 is 14.2 Å². The highest BCUT2D eigenvalue weighted by atomic mass is 19.4. The fraction of sp³-hybridized carbons (Fsp3) is 0.536. The van der Waals surface area contributed by atoms with E-state index in [2.05, 4.69) is 12.8 Å². The third kappa shape index (κ3) is 8.57. The van der Waals surface area contributed by atoms with Crippen LogP contribution >= 0.6 is 0 Å². The number of aryl methyl sites for hydroxylation is 1. The lowest BCUT2D eigenvalue weighted by molar-refractivity contribution is -0.139. The summed E-state index contributed by atoms with van der Waals surface area (Å²) in [4.78, 5) is 38.1. The van der Waals surface area contributed by atoms with Gasteiger partial charge in [-0.3, -0.25) is 14.3 Å². The Labute approximate surface area is 224 Å². The molecular weight excluding hydrogens is 517 g/mol. The molecule has 1 aromatic carbocycles. The van der Waals surface area contributed by atoms with Gasteiger partial charge >= 0.3 is 17.8 Å². The highest BCUT2D eigenvalue weighted by molar-refractivity contribution is 5.89. The summed E-state index contributed by atoms with van der Waals surface area (Å²) in [5, 5.41) is 0. The Morgan fingerprint density at radius 1 is 1.15 bits per heavy atom. The number of carbonyl (C=O) groups excluding carboxylic acids is 1. The maximum Gasteiger partial charge on any atom is 0.423 e. The molecule has 1 saturated heterocycles. The number of nitrogens with one attached hydrogen (secondary N) is 1. The Kier molecular flexibility index (Phi) is 10.9. The number of rotatable bonds is 13. The molecule has 212 valence electrons. The SMILES string of the molecule is C#CCO[C@H]1C[C@H](n2cc(C(F)(F)F)c(=O)[nH]c2=O)O[C@@H]1COC(=O)c1ccc(CCCCCCCC)cc1. The molecule has 0 amide bonds. The number of nitrogens with zero attached hydrogens (tertiary/aromatic N) is 1. The molecule has 0 radical (unpaired) electrons. The highest BCUT2D eigenvalue weighted by Crippen LogP contribution is 2.32. The fourth-order valence-corrected chi connectivity index (χ4v) is 4.41. The van der Waals surface area contributed by atoms with Crippen LogP contribution in [-0.4, -0.2) is 40.9 Å². The van der Waals surface area contributed by atoms with Crippen molar-refractivity contribution in [1.82, 2.24) is 9.55 Å². The van der Waals surface area contributed by atoms with Gasteiger partial charge in [0.15, 0.2) is 0 Å². The number of hydrogen-bond donors (Lipinski definition) is 1. The Hall–Kier alpha value is -3.36. The summed E-state index contributed by atoms with van der Waals surface area (Å²) in [5.74, 6) is 1.68. The number of aromatic amines is 1. The second kappa shape index (κ2) is 14.1. The minimum atomic E-state index is -4.97. The van der Waals surface area contributed by atoms with Crippen molar-refractivity contribution in [3.05, 3.63) is 68.0 Å². The number of benzene rings is 1. The van der Waals surface area contributed by atoms with E-state index in [4.69, 9.17) is 20.6 Å². The van der Waals surface area contributed by atoms with Crippen molar-refractivity contribution < 1.29 is 32.2 Å². The highest BCUT2D eigenvalue weighted by Gasteiger charge is 2.40. The smallest absolute Gasteiger partial charge is 0.423 e. The summed E-state index contributed by atoms with van der Waals surface area (Å²) in [6.07, 6.45) is 5.84. The molecule has 3 rings (SSSR count). The molecule has 2 aromatic rings. The number of alkyl halides is 3. The molecule has 39 heavy (non-hydrogen) atoms. The van der Waals surface area contributed by atoms with E-state index in [0.717, 1.165) is 24.8 Å². The van der Waals surface area contributed by atoms with E-state index in [1.807, 2.05) is 12.1 Å². The predicted octanol–water partition coefficient (Wildman–Crippen LogP) is 4.62. The monoisotopic (exact) mass is 550 g/mol. The molecule has 1 N–H and O–H groups in total. The van der Waals surface area contributed by atoms with Crippen LogP contribution < -0.4 is 11.2 Å². The molecule has 0 unspecified atom stereocenters. The lowest BCUT2D eigenvalue weighted by Crippen LogP contribution is -2.36. The molecule has 1 fully saturated rings. The van der Waals surface area contributed by atoms with Gasteiger partial charge in [-0.2, -0.15) is 13.2 Å². The summed E-state index contributed by atoms with van der Waals surface area (Å²) in [6, 6.07) is 7.12. The first kappa shape index (κ1) is 30.2. The number of halogens is 3. The van der Waals surface area contributed by atoms with Crippen molar-refractivity contribution in [1.29, 1.82) is 0 Å². The normalized spacial score (nSPS) is 19.1. The van der Waals surface area contributed by atoms with Gasteiger partial charge in [-0.1, -0.05) is 57.1 Å². The van der Waals surface area contributed by atoms with Crippen LogP contribution in [-0.2, 0) is 26.8 Å². The molecule has 0 spiro atoms. The first-order valence-corrected chi connectivity index (χ1v) is 13.0. The number of aromatic nitrogens is 2. The van der Waals surface area contributed by atoms with Crippen LogP contribution in [0.4, 0.5) is 13.2 Å². The number of ether oxygens (including phenoxy) is 3. The van der Waals surface area contributed by atoms with Gasteiger partial charge in [-0.05, 0) is 30.5 Å². The second-order valence-electron chi connectivity index (χ2n) is 9.44. The van der Waals surface area contributed by atoms with Crippen LogP contribution in [0.1, 0.15) is 79.6 Å². The first-order valence-electron chi connectivity index (χ1n) is 13.0. The number of H-pyrrole nitrogens is 1. The number of hydrogen-bond acceptors (Lipinski definition) is 6. The average Bonchev–Trinajstić information content (AvgIpc) is 3.30. The lowest BCUT2D eigenvalue weighted by atomic mass is 10.0. The van der Waals surface area contributed by atoms with Gasteiger partial charge in [-0.15, -0.1) is 6.42 Å². The average molecular weight is 551 g/mol. The van der Waals surface area contributed by atoms with Crippen LogP contribution in [0.2, 0.25) is 0 Å². The molecular formula is C28H33F3N2O6. The van der Waals surface area contributed by atoms with Crippen LogP contribution in [0, 0.1) is 12.3 Å². The van der Waals surface area contributed by atoms with E-state index >= 15 is 0 Å². The summed E-state index contributed by atoms with van der Waals surface area (Å²) in [6.45, 7) is 1.77. The molecule has 8 nitrogen and oxygen atoms in total. The van der Waals surface area contributed by atoms with Gasteiger partial charge in [-0.25, -0.2) is 9.59 Å².